The summed E-state index contributed by atoms with van der Waals surface area (Å²) < 4.78 is 28.2. The molecule has 0 spiro atoms. The number of anilines is 1. The third-order valence-corrected chi connectivity index (χ3v) is 5.32. The number of hydrogen-bond acceptors (Lipinski definition) is 6. The molecule has 6 nitrogen and oxygen atoms in total. The lowest BCUT2D eigenvalue weighted by molar-refractivity contribution is 0.415. The van der Waals surface area contributed by atoms with Crippen LogP contribution in [0.5, 0.6) is 5.75 Å². The zero-order chi connectivity index (χ0) is 16.1. The van der Waals surface area contributed by atoms with E-state index in [2.05, 4.69) is 10.5 Å². The first-order valence-electron chi connectivity index (χ1n) is 6.28. The van der Waals surface area contributed by atoms with E-state index >= 15 is 0 Å². The van der Waals surface area contributed by atoms with Crippen LogP contribution >= 0.6 is 0 Å². The van der Waals surface area contributed by atoms with E-state index in [1.165, 1.54) is 0 Å². The number of nitriles is 1. The van der Waals surface area contributed by atoms with Gasteiger partial charge in [-0.15, -0.1) is 0 Å². The van der Waals surface area contributed by atoms with Gasteiger partial charge in [-0.3, -0.25) is 5.43 Å². The van der Waals surface area contributed by atoms with Crippen LogP contribution in [0.4, 0.5) is 5.69 Å². The highest BCUT2D eigenvalue weighted by Gasteiger charge is 2.30. The van der Waals surface area contributed by atoms with E-state index in [0.717, 1.165) is 0 Å². The van der Waals surface area contributed by atoms with Crippen LogP contribution < -0.4 is 10.2 Å². The normalized spacial score (nSPS) is 12.6. The van der Waals surface area contributed by atoms with E-state index < -0.39 is 20.3 Å². The molecule has 0 aliphatic rings. The fraction of sp³-hybridized carbons (Fsp3) is 0.429. The number of benzene rings is 1. The first-order valence-corrected chi connectivity index (χ1v) is 7.94. The number of methoxy groups -OCH3 is 1. The summed E-state index contributed by atoms with van der Waals surface area (Å²) in [5.41, 5.74) is 3.22. The lowest BCUT2D eigenvalue weighted by atomic mass is 10.3. The second kappa shape index (κ2) is 6.59. The monoisotopic (exact) mass is 309 g/mol. The van der Waals surface area contributed by atoms with Crippen LogP contribution in [0.1, 0.15) is 20.8 Å². The van der Waals surface area contributed by atoms with Crippen LogP contribution in [-0.2, 0) is 9.84 Å². The van der Waals surface area contributed by atoms with Gasteiger partial charge in [0.2, 0.25) is 0 Å². The molecule has 0 unspecified atom stereocenters. The average molecular weight is 309 g/mol. The average Bonchev–Trinajstić information content (AvgIpc) is 2.42. The molecule has 1 N–H and O–H groups in total. The molecular formula is C14H19N3O3S. The first-order chi connectivity index (χ1) is 9.69. The van der Waals surface area contributed by atoms with Crippen molar-refractivity contribution in [3.05, 3.63) is 24.3 Å². The Hall–Kier alpha value is -2.07. The van der Waals surface area contributed by atoms with Crippen LogP contribution in [0.3, 0.4) is 0 Å². The van der Waals surface area contributed by atoms with Crippen molar-refractivity contribution in [2.45, 2.75) is 25.5 Å². The summed E-state index contributed by atoms with van der Waals surface area (Å²) in [5.74, 6) is 0.302. The highest BCUT2D eigenvalue weighted by molar-refractivity contribution is 7.93. The third-order valence-electron chi connectivity index (χ3n) is 2.80. The lowest BCUT2D eigenvalue weighted by Gasteiger charge is -2.18. The SMILES string of the molecule is COc1ccc(N/N=C(/C#N)CS(=O)(=O)C(C)(C)C)cc1. The molecule has 7 heteroatoms. The van der Waals surface area contributed by atoms with Crippen LogP contribution in [0, 0.1) is 11.3 Å². The Morgan fingerprint density at radius 2 is 1.90 bits per heavy atom. The standard InChI is InChI=1S/C14H19N3O3S/c1-14(2,3)21(18,19)10-12(9-15)17-16-11-5-7-13(20-4)8-6-11/h5-8,16H,10H2,1-4H3/b17-12-. The van der Waals surface area contributed by atoms with Gasteiger partial charge < -0.3 is 4.74 Å². The lowest BCUT2D eigenvalue weighted by Crippen LogP contribution is -2.33. The maximum absolute atomic E-state index is 12.0. The molecule has 0 aromatic heterocycles. The Morgan fingerprint density at radius 3 is 2.33 bits per heavy atom. The Kier molecular flexibility index (Phi) is 5.33. The van der Waals surface area contributed by atoms with E-state index in [1.54, 1.807) is 58.2 Å². The van der Waals surface area contributed by atoms with Gasteiger partial charge in [0.25, 0.3) is 0 Å². The van der Waals surface area contributed by atoms with E-state index in [1.807, 2.05) is 0 Å². The Balaban J connectivity index is 2.84. The van der Waals surface area contributed by atoms with Crippen LogP contribution in [0.15, 0.2) is 29.4 Å². The molecule has 0 bridgehead atoms. The van der Waals surface area contributed by atoms with Crippen LogP contribution in [0.2, 0.25) is 0 Å². The first kappa shape index (κ1) is 17.0. The summed E-state index contributed by atoms with van der Waals surface area (Å²) in [7, 11) is -1.88. The van der Waals surface area contributed by atoms with E-state index in [0.29, 0.717) is 11.4 Å². The van der Waals surface area contributed by atoms with Crippen molar-refractivity contribution in [1.29, 1.82) is 5.26 Å². The van der Waals surface area contributed by atoms with Crippen LogP contribution in [-0.4, -0.2) is 31.7 Å². The summed E-state index contributed by atoms with van der Waals surface area (Å²) in [5, 5.41) is 12.9. The van der Waals surface area contributed by atoms with Crippen molar-refractivity contribution >= 4 is 21.2 Å². The van der Waals surface area contributed by atoms with Gasteiger partial charge in [0.15, 0.2) is 15.5 Å². The summed E-state index contributed by atoms with van der Waals surface area (Å²) in [6, 6.07) is 8.71. The van der Waals surface area contributed by atoms with Gasteiger partial charge in [-0.1, -0.05) is 0 Å². The number of nitrogens with one attached hydrogen (secondary N) is 1. The molecule has 0 fully saturated rings. The second-order valence-corrected chi connectivity index (χ2v) is 8.12. The van der Waals surface area contributed by atoms with Gasteiger partial charge >= 0.3 is 0 Å². The quantitative estimate of drug-likeness (QED) is 0.665. The molecular weight excluding hydrogens is 290 g/mol. The number of hydrazone groups is 1. The van der Waals surface area contributed by atoms with E-state index in [9.17, 15) is 8.42 Å². The molecule has 1 aromatic rings. The van der Waals surface area contributed by atoms with Crippen molar-refractivity contribution < 1.29 is 13.2 Å². The van der Waals surface area contributed by atoms with Crippen molar-refractivity contribution in [3.8, 4) is 11.8 Å². The van der Waals surface area contributed by atoms with Gasteiger partial charge in [-0.05, 0) is 45.0 Å². The molecule has 0 saturated heterocycles. The van der Waals surface area contributed by atoms with Crippen LogP contribution in [0.25, 0.3) is 0 Å². The molecule has 0 aliphatic heterocycles. The zero-order valence-corrected chi connectivity index (χ0v) is 13.4. The smallest absolute Gasteiger partial charge is 0.161 e. The maximum Gasteiger partial charge on any atom is 0.161 e. The Labute approximate surface area is 125 Å². The van der Waals surface area contributed by atoms with Gasteiger partial charge in [0, 0.05) is 0 Å². The summed E-state index contributed by atoms with van der Waals surface area (Å²) >= 11 is 0. The Bertz CT molecular complexity index is 650. The minimum absolute atomic E-state index is 0.0826. The molecule has 0 radical (unpaired) electrons. The zero-order valence-electron chi connectivity index (χ0n) is 12.5. The number of hydrogen-bond donors (Lipinski definition) is 1. The van der Waals surface area contributed by atoms with Gasteiger partial charge in [0.1, 0.15) is 17.6 Å². The molecule has 1 aromatic carbocycles. The fourth-order valence-electron chi connectivity index (χ4n) is 1.28. The number of nitrogens with zero attached hydrogens (tertiary/aromatic N) is 2. The van der Waals surface area contributed by atoms with E-state index in [4.69, 9.17) is 10.00 Å². The molecule has 21 heavy (non-hydrogen) atoms. The minimum Gasteiger partial charge on any atom is -0.497 e. The van der Waals surface area contributed by atoms with E-state index in [-0.39, 0.29) is 5.71 Å². The van der Waals surface area contributed by atoms with Gasteiger partial charge in [-0.2, -0.15) is 10.4 Å². The molecule has 0 amide bonds. The van der Waals surface area contributed by atoms with Crippen molar-refractivity contribution in [2.24, 2.45) is 5.10 Å². The molecule has 0 atom stereocenters. The summed E-state index contributed by atoms with van der Waals surface area (Å²) in [4.78, 5) is 0. The third kappa shape index (κ3) is 4.76. The summed E-state index contributed by atoms with van der Waals surface area (Å²) in [6.07, 6.45) is 0. The number of sulfone groups is 1. The molecule has 0 aliphatic carbocycles. The maximum atomic E-state index is 12.0. The molecule has 0 saturated carbocycles. The molecule has 114 valence electrons. The predicted molar refractivity (Wildman–Crippen MR) is 83.2 cm³/mol. The fourth-order valence-corrected chi connectivity index (χ4v) is 2.21. The predicted octanol–water partition coefficient (Wildman–Crippen LogP) is 2.20. The number of rotatable bonds is 5. The highest BCUT2D eigenvalue weighted by atomic mass is 32.2. The molecule has 0 heterocycles. The topological polar surface area (TPSA) is 91.5 Å². The highest BCUT2D eigenvalue weighted by Crippen LogP contribution is 2.17. The van der Waals surface area contributed by atoms with Crippen molar-refractivity contribution in [3.63, 3.8) is 0 Å². The van der Waals surface area contributed by atoms with Gasteiger partial charge in [-0.25, -0.2) is 8.42 Å². The number of ether oxygens (including phenoxy) is 1. The van der Waals surface area contributed by atoms with Crippen molar-refractivity contribution in [1.82, 2.24) is 0 Å². The van der Waals surface area contributed by atoms with Gasteiger partial charge in [0.05, 0.1) is 17.5 Å². The molecule has 1 rings (SSSR count). The van der Waals surface area contributed by atoms with Crippen molar-refractivity contribution in [2.75, 3.05) is 18.3 Å². The largest absolute Gasteiger partial charge is 0.497 e. The second-order valence-electron chi connectivity index (χ2n) is 5.38. The summed E-state index contributed by atoms with van der Waals surface area (Å²) in [6.45, 7) is 4.77. The Morgan fingerprint density at radius 1 is 1.33 bits per heavy atom. The minimum atomic E-state index is -3.44.